The second-order valence-corrected chi connectivity index (χ2v) is 4.07. The molecule has 0 radical (unpaired) electrons. The van der Waals surface area contributed by atoms with E-state index in [1.54, 1.807) is 0 Å². The van der Waals surface area contributed by atoms with Crippen molar-refractivity contribution in [3.05, 3.63) is 12.7 Å². The summed E-state index contributed by atoms with van der Waals surface area (Å²) in [6.45, 7) is 3.93. The Morgan fingerprint density at radius 1 is 1.33 bits per heavy atom. The Morgan fingerprint density at radius 2 is 2.00 bits per heavy atom. The minimum Gasteiger partial charge on any atom is -0.103 e. The smallest absolute Gasteiger partial charge is 0.00557 e. The standard InChI is InChI=1S/C9H12/c1-2-9-5-6-3-7(9)8(9)4-6/h2,6-8H,1,3-5H2. The van der Waals surface area contributed by atoms with Crippen molar-refractivity contribution in [2.24, 2.45) is 23.2 Å². The molecule has 0 N–H and O–H groups in total. The minimum atomic E-state index is 0.699. The summed E-state index contributed by atoms with van der Waals surface area (Å²) in [5.41, 5.74) is 0.699. The van der Waals surface area contributed by atoms with Crippen LogP contribution in [-0.4, -0.2) is 0 Å². The van der Waals surface area contributed by atoms with Gasteiger partial charge in [-0.3, -0.25) is 0 Å². The Kier molecular flexibility index (Phi) is 0.505. The Morgan fingerprint density at radius 3 is 2.22 bits per heavy atom. The molecule has 0 aromatic heterocycles. The van der Waals surface area contributed by atoms with Gasteiger partial charge in [-0.2, -0.15) is 0 Å². The third-order valence-corrected chi connectivity index (χ3v) is 3.95. The average Bonchev–Trinajstić information content (AvgIpc) is 2.44. The van der Waals surface area contributed by atoms with Gasteiger partial charge in [-0.15, -0.1) is 6.58 Å². The molecule has 0 amide bonds. The van der Waals surface area contributed by atoms with E-state index in [0.717, 1.165) is 17.8 Å². The van der Waals surface area contributed by atoms with E-state index in [-0.39, 0.29) is 0 Å². The second kappa shape index (κ2) is 1.00. The van der Waals surface area contributed by atoms with Crippen LogP contribution >= 0.6 is 0 Å². The Labute approximate surface area is 56.0 Å². The van der Waals surface area contributed by atoms with Crippen LogP contribution in [0.3, 0.4) is 0 Å². The first kappa shape index (κ1) is 4.54. The maximum atomic E-state index is 3.93. The molecule has 0 aromatic carbocycles. The minimum absolute atomic E-state index is 0.699. The van der Waals surface area contributed by atoms with Crippen LogP contribution in [0.5, 0.6) is 0 Å². The van der Waals surface area contributed by atoms with Crippen molar-refractivity contribution in [3.8, 4) is 0 Å². The van der Waals surface area contributed by atoms with E-state index in [4.69, 9.17) is 0 Å². The first-order chi connectivity index (χ1) is 4.37. The molecule has 4 aliphatic carbocycles. The molecule has 2 atom stereocenters. The largest absolute Gasteiger partial charge is 0.103 e. The van der Waals surface area contributed by atoms with E-state index < -0.39 is 0 Å². The van der Waals surface area contributed by atoms with Crippen LogP contribution in [-0.2, 0) is 0 Å². The number of rotatable bonds is 1. The summed E-state index contributed by atoms with van der Waals surface area (Å²) in [5, 5.41) is 0. The van der Waals surface area contributed by atoms with Gasteiger partial charge in [0.1, 0.15) is 0 Å². The highest BCUT2D eigenvalue weighted by Gasteiger charge is 2.72. The SMILES string of the molecule is C=CC12CC3CC1C2C3. The average molecular weight is 120 g/mol. The van der Waals surface area contributed by atoms with Crippen LogP contribution in [0.4, 0.5) is 0 Å². The molecule has 4 saturated carbocycles. The third kappa shape index (κ3) is 0.288. The van der Waals surface area contributed by atoms with Crippen LogP contribution < -0.4 is 0 Å². The molecular weight excluding hydrogens is 108 g/mol. The normalized spacial score (nSPS) is 66.4. The lowest BCUT2D eigenvalue weighted by Crippen LogP contribution is -1.90. The van der Waals surface area contributed by atoms with Crippen molar-refractivity contribution in [3.63, 3.8) is 0 Å². The highest BCUT2D eigenvalue weighted by Crippen LogP contribution is 2.79. The molecule has 9 heavy (non-hydrogen) atoms. The topological polar surface area (TPSA) is 0 Å². The number of hydrogen-bond donors (Lipinski definition) is 0. The highest BCUT2D eigenvalue weighted by atomic mass is 14.8. The molecule has 4 bridgehead atoms. The summed E-state index contributed by atoms with van der Waals surface area (Å²) < 4.78 is 0. The van der Waals surface area contributed by atoms with Crippen LogP contribution in [0, 0.1) is 23.2 Å². The zero-order chi connectivity index (χ0) is 6.06. The predicted octanol–water partition coefficient (Wildman–Crippen LogP) is 2.22. The molecule has 4 fully saturated rings. The molecule has 0 nitrogen and oxygen atoms in total. The molecule has 0 heterocycles. The zero-order valence-corrected chi connectivity index (χ0v) is 5.64. The summed E-state index contributed by atoms with van der Waals surface area (Å²) in [7, 11) is 0. The Hall–Kier alpha value is -0.260. The van der Waals surface area contributed by atoms with Gasteiger partial charge in [0.25, 0.3) is 0 Å². The fourth-order valence-corrected chi connectivity index (χ4v) is 3.57. The molecular formula is C9H12. The lowest BCUT2D eigenvalue weighted by molar-refractivity contribution is 0.586. The molecule has 48 valence electrons. The molecule has 2 unspecified atom stereocenters. The Bertz CT molecular complexity index is 168. The van der Waals surface area contributed by atoms with Gasteiger partial charge in [0, 0.05) is 0 Å². The van der Waals surface area contributed by atoms with Crippen molar-refractivity contribution in [1.29, 1.82) is 0 Å². The van der Waals surface area contributed by atoms with Crippen LogP contribution in [0.15, 0.2) is 12.7 Å². The molecule has 0 aliphatic heterocycles. The maximum absolute atomic E-state index is 3.93. The molecule has 4 rings (SSSR count). The van der Waals surface area contributed by atoms with Crippen LogP contribution in [0.2, 0.25) is 0 Å². The molecule has 0 aromatic rings. The van der Waals surface area contributed by atoms with Crippen molar-refractivity contribution in [2.45, 2.75) is 19.3 Å². The van der Waals surface area contributed by atoms with Crippen molar-refractivity contribution >= 4 is 0 Å². The van der Waals surface area contributed by atoms with Gasteiger partial charge < -0.3 is 0 Å². The molecule has 0 spiro atoms. The van der Waals surface area contributed by atoms with E-state index in [0.29, 0.717) is 5.41 Å². The molecule has 4 aliphatic rings. The number of hydrogen-bond acceptors (Lipinski definition) is 0. The quantitative estimate of drug-likeness (QED) is 0.465. The van der Waals surface area contributed by atoms with Gasteiger partial charge in [-0.05, 0) is 42.4 Å². The van der Waals surface area contributed by atoms with Gasteiger partial charge in [0.05, 0.1) is 0 Å². The fourth-order valence-electron chi connectivity index (χ4n) is 3.57. The van der Waals surface area contributed by atoms with Gasteiger partial charge in [-0.25, -0.2) is 0 Å². The third-order valence-electron chi connectivity index (χ3n) is 3.95. The maximum Gasteiger partial charge on any atom is -0.00557 e. The lowest BCUT2D eigenvalue weighted by Gasteiger charge is -1.99. The van der Waals surface area contributed by atoms with Gasteiger partial charge in [-0.1, -0.05) is 6.08 Å². The van der Waals surface area contributed by atoms with Gasteiger partial charge >= 0.3 is 0 Å². The summed E-state index contributed by atoms with van der Waals surface area (Å²) in [6.07, 6.45) is 6.81. The van der Waals surface area contributed by atoms with E-state index >= 15 is 0 Å². The predicted molar refractivity (Wildman–Crippen MR) is 37.0 cm³/mol. The fraction of sp³-hybridized carbons (Fsp3) is 0.778. The first-order valence-corrected chi connectivity index (χ1v) is 4.00. The van der Waals surface area contributed by atoms with E-state index in [2.05, 4.69) is 12.7 Å². The highest BCUT2D eigenvalue weighted by molar-refractivity contribution is 5.28. The monoisotopic (exact) mass is 120 g/mol. The number of allylic oxidation sites excluding steroid dienone is 1. The van der Waals surface area contributed by atoms with Gasteiger partial charge in [0.2, 0.25) is 0 Å². The zero-order valence-electron chi connectivity index (χ0n) is 5.64. The molecule has 0 heteroatoms. The van der Waals surface area contributed by atoms with E-state index in [1.165, 1.54) is 19.3 Å². The second-order valence-electron chi connectivity index (χ2n) is 4.07. The van der Waals surface area contributed by atoms with Crippen LogP contribution in [0.1, 0.15) is 19.3 Å². The summed E-state index contributed by atoms with van der Waals surface area (Å²) >= 11 is 0. The first-order valence-electron chi connectivity index (χ1n) is 4.00. The van der Waals surface area contributed by atoms with Crippen LogP contribution in [0.25, 0.3) is 0 Å². The van der Waals surface area contributed by atoms with Crippen molar-refractivity contribution in [2.75, 3.05) is 0 Å². The molecule has 0 saturated heterocycles. The van der Waals surface area contributed by atoms with E-state index in [9.17, 15) is 0 Å². The van der Waals surface area contributed by atoms with E-state index in [1.807, 2.05) is 0 Å². The summed E-state index contributed by atoms with van der Waals surface area (Å²) in [5.74, 6) is 3.30. The summed E-state index contributed by atoms with van der Waals surface area (Å²) in [6, 6.07) is 0. The Balaban J connectivity index is 2.10. The summed E-state index contributed by atoms with van der Waals surface area (Å²) in [4.78, 5) is 0. The lowest BCUT2D eigenvalue weighted by atomic mass is 10.1. The van der Waals surface area contributed by atoms with Crippen molar-refractivity contribution < 1.29 is 0 Å². The van der Waals surface area contributed by atoms with Gasteiger partial charge in [0.15, 0.2) is 0 Å². The van der Waals surface area contributed by atoms with Crippen molar-refractivity contribution in [1.82, 2.24) is 0 Å².